The van der Waals surface area contributed by atoms with Crippen LogP contribution in [0.4, 0.5) is 5.69 Å². The highest BCUT2D eigenvalue weighted by Crippen LogP contribution is 2.13. The molecule has 0 spiro atoms. The molecule has 0 saturated carbocycles. The summed E-state index contributed by atoms with van der Waals surface area (Å²) in [7, 11) is 0. The first-order chi connectivity index (χ1) is 14.4. The van der Waals surface area contributed by atoms with Crippen molar-refractivity contribution in [1.82, 2.24) is 10.9 Å². The Morgan fingerprint density at radius 3 is 2.00 bits per heavy atom. The summed E-state index contributed by atoms with van der Waals surface area (Å²) in [6, 6.07) is 21.3. The van der Waals surface area contributed by atoms with Gasteiger partial charge in [0.15, 0.2) is 0 Å². The predicted octanol–water partition coefficient (Wildman–Crippen LogP) is 3.56. The zero-order chi connectivity index (χ0) is 21.5. The van der Waals surface area contributed by atoms with Crippen molar-refractivity contribution in [1.29, 1.82) is 0 Å². The number of nitrogens with one attached hydrogen (secondary N) is 3. The van der Waals surface area contributed by atoms with Gasteiger partial charge in [0.25, 0.3) is 11.8 Å². The van der Waals surface area contributed by atoms with Gasteiger partial charge in [0.05, 0.1) is 6.42 Å². The van der Waals surface area contributed by atoms with E-state index in [4.69, 9.17) is 0 Å². The van der Waals surface area contributed by atoms with Crippen LogP contribution >= 0.6 is 0 Å². The fourth-order valence-electron chi connectivity index (χ4n) is 2.96. The van der Waals surface area contributed by atoms with Gasteiger partial charge in [-0.1, -0.05) is 42.5 Å². The monoisotopic (exact) mass is 401 g/mol. The van der Waals surface area contributed by atoms with Crippen LogP contribution in [0.3, 0.4) is 0 Å². The third kappa shape index (κ3) is 5.32. The van der Waals surface area contributed by atoms with E-state index in [0.29, 0.717) is 16.8 Å². The van der Waals surface area contributed by atoms with E-state index in [-0.39, 0.29) is 18.2 Å². The summed E-state index contributed by atoms with van der Waals surface area (Å²) in [6.45, 7) is 3.80. The van der Waals surface area contributed by atoms with E-state index in [1.54, 1.807) is 30.3 Å². The van der Waals surface area contributed by atoms with Gasteiger partial charge >= 0.3 is 0 Å². The van der Waals surface area contributed by atoms with Gasteiger partial charge in [0.2, 0.25) is 5.91 Å². The molecule has 3 aromatic carbocycles. The molecule has 0 heterocycles. The van der Waals surface area contributed by atoms with Crippen LogP contribution in [0.1, 0.15) is 37.4 Å². The largest absolute Gasteiger partial charge is 0.322 e. The Labute approximate surface area is 175 Å². The fraction of sp³-hybridized carbons (Fsp3) is 0.125. The Morgan fingerprint density at radius 1 is 0.700 bits per heavy atom. The molecule has 0 atom stereocenters. The molecule has 6 nitrogen and oxygen atoms in total. The molecule has 0 aliphatic rings. The number of carbonyl (C=O) groups is 3. The number of rotatable bonds is 5. The van der Waals surface area contributed by atoms with Crippen molar-refractivity contribution in [2.24, 2.45) is 0 Å². The van der Waals surface area contributed by atoms with E-state index in [1.165, 1.54) is 0 Å². The number of anilines is 1. The maximum Gasteiger partial charge on any atom is 0.269 e. The lowest BCUT2D eigenvalue weighted by Crippen LogP contribution is -2.42. The number of amides is 3. The van der Waals surface area contributed by atoms with Crippen LogP contribution in [0.2, 0.25) is 0 Å². The molecule has 0 radical (unpaired) electrons. The smallest absolute Gasteiger partial charge is 0.269 e. The number of hydrazine groups is 1. The van der Waals surface area contributed by atoms with Crippen LogP contribution in [-0.2, 0) is 11.2 Å². The second-order valence-corrected chi connectivity index (χ2v) is 6.95. The van der Waals surface area contributed by atoms with Crippen LogP contribution in [0.5, 0.6) is 0 Å². The first kappa shape index (κ1) is 20.8. The lowest BCUT2D eigenvalue weighted by Gasteiger charge is -2.10. The minimum atomic E-state index is -0.440. The van der Waals surface area contributed by atoms with E-state index in [0.717, 1.165) is 16.7 Å². The highest BCUT2D eigenvalue weighted by Gasteiger charge is 2.11. The number of hydrogen-bond acceptors (Lipinski definition) is 3. The van der Waals surface area contributed by atoms with Crippen molar-refractivity contribution in [3.8, 4) is 0 Å². The Kier molecular flexibility index (Phi) is 6.60. The molecular weight excluding hydrogens is 378 g/mol. The fourth-order valence-corrected chi connectivity index (χ4v) is 2.96. The van der Waals surface area contributed by atoms with E-state index >= 15 is 0 Å². The Balaban J connectivity index is 1.53. The number of carbonyl (C=O) groups excluding carboxylic acids is 3. The van der Waals surface area contributed by atoms with Gasteiger partial charge in [-0.25, -0.2) is 0 Å². The topological polar surface area (TPSA) is 87.3 Å². The Hall–Kier alpha value is -3.93. The quantitative estimate of drug-likeness (QED) is 0.571. The van der Waals surface area contributed by atoms with Crippen LogP contribution in [0.25, 0.3) is 0 Å². The minimum Gasteiger partial charge on any atom is -0.322 e. The van der Waals surface area contributed by atoms with Gasteiger partial charge < -0.3 is 5.32 Å². The maximum atomic E-state index is 12.4. The first-order valence-electron chi connectivity index (χ1n) is 9.55. The summed E-state index contributed by atoms with van der Waals surface area (Å²) in [5, 5.41) is 2.81. The highest BCUT2D eigenvalue weighted by molar-refractivity contribution is 6.05. The molecular formula is C24H23N3O3. The standard InChI is InChI=1S/C24H23N3O3/c1-16-7-3-5-9-19(16)15-22(28)26-27-23(29)18-11-13-20(14-12-18)25-24(30)21-10-6-4-8-17(21)2/h3-14H,15H2,1-2H3,(H,25,30)(H,26,28)(H,27,29). The molecule has 0 aromatic heterocycles. The molecule has 6 heteroatoms. The van der Waals surface area contributed by atoms with Crippen LogP contribution in [0.15, 0.2) is 72.8 Å². The third-order valence-corrected chi connectivity index (χ3v) is 4.72. The summed E-state index contributed by atoms with van der Waals surface area (Å²) in [5.74, 6) is -0.960. The molecule has 3 amide bonds. The van der Waals surface area contributed by atoms with Gasteiger partial charge in [0.1, 0.15) is 0 Å². The van der Waals surface area contributed by atoms with Crippen molar-refractivity contribution in [3.05, 3.63) is 101 Å². The molecule has 0 fully saturated rings. The molecule has 152 valence electrons. The molecule has 3 rings (SSSR count). The second-order valence-electron chi connectivity index (χ2n) is 6.95. The van der Waals surface area contributed by atoms with Crippen molar-refractivity contribution < 1.29 is 14.4 Å². The van der Waals surface area contributed by atoms with Gasteiger partial charge in [-0.2, -0.15) is 0 Å². The minimum absolute atomic E-state index is 0.177. The van der Waals surface area contributed by atoms with Crippen molar-refractivity contribution in [2.45, 2.75) is 20.3 Å². The van der Waals surface area contributed by atoms with Crippen molar-refractivity contribution in [3.63, 3.8) is 0 Å². The predicted molar refractivity (Wildman–Crippen MR) is 116 cm³/mol. The lowest BCUT2D eigenvalue weighted by molar-refractivity contribution is -0.121. The Morgan fingerprint density at radius 2 is 1.33 bits per heavy atom. The number of aryl methyl sites for hydroxylation is 2. The Bertz CT molecular complexity index is 1080. The maximum absolute atomic E-state index is 12.4. The van der Waals surface area contributed by atoms with Crippen LogP contribution in [0, 0.1) is 13.8 Å². The van der Waals surface area contributed by atoms with E-state index in [9.17, 15) is 14.4 Å². The molecule has 3 N–H and O–H groups in total. The zero-order valence-corrected chi connectivity index (χ0v) is 16.9. The number of benzene rings is 3. The molecule has 30 heavy (non-hydrogen) atoms. The van der Waals surface area contributed by atoms with Gasteiger partial charge in [-0.15, -0.1) is 0 Å². The molecule has 0 aliphatic carbocycles. The molecule has 3 aromatic rings. The zero-order valence-electron chi connectivity index (χ0n) is 16.9. The molecule has 0 unspecified atom stereocenters. The van der Waals surface area contributed by atoms with Crippen molar-refractivity contribution in [2.75, 3.05) is 5.32 Å². The van der Waals surface area contributed by atoms with Crippen LogP contribution in [-0.4, -0.2) is 17.7 Å². The van der Waals surface area contributed by atoms with Gasteiger partial charge in [0, 0.05) is 16.8 Å². The number of hydrogen-bond donors (Lipinski definition) is 3. The SMILES string of the molecule is Cc1ccccc1CC(=O)NNC(=O)c1ccc(NC(=O)c2ccccc2C)cc1. The van der Waals surface area contributed by atoms with E-state index in [1.807, 2.05) is 56.3 Å². The van der Waals surface area contributed by atoms with E-state index in [2.05, 4.69) is 16.2 Å². The summed E-state index contributed by atoms with van der Waals surface area (Å²) in [4.78, 5) is 36.7. The summed E-state index contributed by atoms with van der Waals surface area (Å²) in [5.41, 5.74) is 9.15. The molecule has 0 bridgehead atoms. The van der Waals surface area contributed by atoms with Crippen molar-refractivity contribution >= 4 is 23.4 Å². The lowest BCUT2D eigenvalue weighted by atomic mass is 10.1. The van der Waals surface area contributed by atoms with Crippen LogP contribution < -0.4 is 16.2 Å². The first-order valence-corrected chi connectivity index (χ1v) is 9.55. The third-order valence-electron chi connectivity index (χ3n) is 4.72. The second kappa shape index (κ2) is 9.52. The van der Waals surface area contributed by atoms with E-state index < -0.39 is 5.91 Å². The normalized spacial score (nSPS) is 10.2. The summed E-state index contributed by atoms with van der Waals surface area (Å²) < 4.78 is 0. The summed E-state index contributed by atoms with van der Waals surface area (Å²) in [6.07, 6.45) is 0.177. The average molecular weight is 401 g/mol. The average Bonchev–Trinajstić information content (AvgIpc) is 2.74. The summed E-state index contributed by atoms with van der Waals surface area (Å²) >= 11 is 0. The van der Waals surface area contributed by atoms with Gasteiger partial charge in [-0.05, 0) is 60.9 Å². The highest BCUT2D eigenvalue weighted by atomic mass is 16.2. The molecule has 0 aliphatic heterocycles. The van der Waals surface area contributed by atoms with Gasteiger partial charge in [-0.3, -0.25) is 25.2 Å². The molecule has 0 saturated heterocycles.